The minimum Gasteiger partial charge on any atom is -0.453 e. The van der Waals surface area contributed by atoms with Gasteiger partial charge in [-0.3, -0.25) is 0 Å². The number of nitrogen functional groups attached to an aromatic ring is 1. The van der Waals surface area contributed by atoms with Gasteiger partial charge >= 0.3 is 0 Å². The first-order chi connectivity index (χ1) is 9.26. The van der Waals surface area contributed by atoms with Crippen LogP contribution in [0.4, 0.5) is 5.82 Å². The summed E-state index contributed by atoms with van der Waals surface area (Å²) in [7, 11) is 0. The molecule has 0 aliphatic rings. The van der Waals surface area contributed by atoms with Gasteiger partial charge in [0.05, 0.1) is 0 Å². The van der Waals surface area contributed by atoms with Crippen molar-refractivity contribution in [2.24, 2.45) is 0 Å². The molecule has 0 bridgehead atoms. The van der Waals surface area contributed by atoms with Crippen LogP contribution in [-0.2, 0) is 6.42 Å². The summed E-state index contributed by atoms with van der Waals surface area (Å²) < 4.78 is 5.76. The summed E-state index contributed by atoms with van der Waals surface area (Å²) in [4.78, 5) is 8.76. The summed E-state index contributed by atoms with van der Waals surface area (Å²) in [5.74, 6) is 1.69. The van der Waals surface area contributed by atoms with E-state index >= 15 is 0 Å². The van der Waals surface area contributed by atoms with Crippen LogP contribution in [0.1, 0.15) is 19.0 Å². The number of anilines is 1. The van der Waals surface area contributed by atoms with Crippen LogP contribution in [0.5, 0.6) is 0 Å². The number of aryl methyl sites for hydroxylation is 1. The molecule has 0 fully saturated rings. The Morgan fingerprint density at radius 1 is 1.16 bits per heavy atom. The van der Waals surface area contributed by atoms with Crippen molar-refractivity contribution < 1.29 is 4.42 Å². The van der Waals surface area contributed by atoms with Crippen molar-refractivity contribution in [2.45, 2.75) is 19.8 Å². The van der Waals surface area contributed by atoms with E-state index in [1.807, 2.05) is 36.4 Å². The van der Waals surface area contributed by atoms with E-state index < -0.39 is 0 Å². The molecule has 19 heavy (non-hydrogen) atoms. The molecule has 0 aliphatic carbocycles. The lowest BCUT2D eigenvalue weighted by Crippen LogP contribution is -1.99. The number of hydrogen-bond donors (Lipinski definition) is 1. The molecule has 0 spiro atoms. The van der Waals surface area contributed by atoms with E-state index in [2.05, 4.69) is 16.9 Å². The Labute approximate surface area is 111 Å². The Morgan fingerprint density at radius 3 is 2.79 bits per heavy atom. The predicted molar refractivity (Wildman–Crippen MR) is 75.6 cm³/mol. The van der Waals surface area contributed by atoms with Crippen LogP contribution in [0.25, 0.3) is 22.6 Å². The Hall–Kier alpha value is -2.36. The Balaban J connectivity index is 2.09. The predicted octanol–water partition coefficient (Wildman–Crippen LogP) is 3.42. The molecular formula is C15H15N3O. The van der Waals surface area contributed by atoms with Gasteiger partial charge in [-0.05, 0) is 18.6 Å². The van der Waals surface area contributed by atoms with Crippen LogP contribution in [0, 0.1) is 0 Å². The maximum Gasteiger partial charge on any atom is 0.197 e. The molecule has 0 aliphatic heterocycles. The Bertz CT molecular complexity index is 685. The second-order valence-corrected chi connectivity index (χ2v) is 4.51. The molecule has 0 atom stereocenters. The summed E-state index contributed by atoms with van der Waals surface area (Å²) in [6.45, 7) is 2.11. The SMILES string of the molecule is CCCc1cc(N)nc(-c2cc3ccccc3o2)n1. The molecule has 0 unspecified atom stereocenters. The van der Waals surface area contributed by atoms with Gasteiger partial charge in [-0.15, -0.1) is 0 Å². The second-order valence-electron chi connectivity index (χ2n) is 4.51. The average Bonchev–Trinajstić information content (AvgIpc) is 2.82. The summed E-state index contributed by atoms with van der Waals surface area (Å²) in [6.07, 6.45) is 1.91. The number of nitrogens with two attached hydrogens (primary N) is 1. The smallest absolute Gasteiger partial charge is 0.197 e. The van der Waals surface area contributed by atoms with Crippen molar-refractivity contribution in [3.8, 4) is 11.6 Å². The molecule has 4 heteroatoms. The molecule has 4 nitrogen and oxygen atoms in total. The largest absolute Gasteiger partial charge is 0.453 e. The Kier molecular flexibility index (Phi) is 2.91. The van der Waals surface area contributed by atoms with E-state index in [1.165, 1.54) is 0 Å². The molecular weight excluding hydrogens is 238 g/mol. The highest BCUT2D eigenvalue weighted by Crippen LogP contribution is 2.26. The van der Waals surface area contributed by atoms with Crippen LogP contribution in [0.15, 0.2) is 40.8 Å². The van der Waals surface area contributed by atoms with Gasteiger partial charge in [0.2, 0.25) is 0 Å². The molecule has 3 aromatic rings. The summed E-state index contributed by atoms with van der Waals surface area (Å²) in [6, 6.07) is 11.6. The van der Waals surface area contributed by atoms with E-state index in [-0.39, 0.29) is 0 Å². The second kappa shape index (κ2) is 4.72. The highest BCUT2D eigenvalue weighted by molar-refractivity contribution is 5.81. The van der Waals surface area contributed by atoms with Gasteiger partial charge in [-0.25, -0.2) is 9.97 Å². The number of furan rings is 1. The number of fused-ring (bicyclic) bond motifs is 1. The summed E-state index contributed by atoms with van der Waals surface area (Å²) in [5.41, 5.74) is 7.61. The van der Waals surface area contributed by atoms with E-state index in [0.717, 1.165) is 29.5 Å². The van der Waals surface area contributed by atoms with E-state index in [4.69, 9.17) is 10.2 Å². The zero-order valence-electron chi connectivity index (χ0n) is 10.8. The summed E-state index contributed by atoms with van der Waals surface area (Å²) >= 11 is 0. The third kappa shape index (κ3) is 2.29. The molecule has 0 radical (unpaired) electrons. The van der Waals surface area contributed by atoms with Crippen LogP contribution in [0.3, 0.4) is 0 Å². The van der Waals surface area contributed by atoms with Crippen LogP contribution >= 0.6 is 0 Å². The van der Waals surface area contributed by atoms with Crippen molar-refractivity contribution in [3.63, 3.8) is 0 Å². The molecule has 1 aromatic carbocycles. The minimum atomic E-state index is 0.480. The minimum absolute atomic E-state index is 0.480. The normalized spacial score (nSPS) is 11.0. The fourth-order valence-corrected chi connectivity index (χ4v) is 2.11. The molecule has 96 valence electrons. The molecule has 2 N–H and O–H groups in total. The van der Waals surface area contributed by atoms with Gasteiger partial charge in [-0.1, -0.05) is 31.5 Å². The highest BCUT2D eigenvalue weighted by atomic mass is 16.3. The third-order valence-electron chi connectivity index (χ3n) is 2.95. The topological polar surface area (TPSA) is 64.9 Å². The lowest BCUT2D eigenvalue weighted by Gasteiger charge is -2.02. The maximum absolute atomic E-state index is 5.83. The number of nitrogens with zero attached hydrogens (tertiary/aromatic N) is 2. The first-order valence-corrected chi connectivity index (χ1v) is 6.38. The van der Waals surface area contributed by atoms with Crippen molar-refractivity contribution in [1.29, 1.82) is 0 Å². The molecule has 3 rings (SSSR count). The van der Waals surface area contributed by atoms with Gasteiger partial charge in [0.25, 0.3) is 0 Å². The highest BCUT2D eigenvalue weighted by Gasteiger charge is 2.10. The number of benzene rings is 1. The third-order valence-corrected chi connectivity index (χ3v) is 2.95. The van der Waals surface area contributed by atoms with E-state index in [1.54, 1.807) is 0 Å². The number of aromatic nitrogens is 2. The summed E-state index contributed by atoms with van der Waals surface area (Å²) in [5, 5.41) is 1.04. The Morgan fingerprint density at radius 2 is 2.00 bits per heavy atom. The zero-order chi connectivity index (χ0) is 13.2. The van der Waals surface area contributed by atoms with Crippen molar-refractivity contribution in [1.82, 2.24) is 9.97 Å². The van der Waals surface area contributed by atoms with E-state index in [9.17, 15) is 0 Å². The van der Waals surface area contributed by atoms with Crippen LogP contribution in [-0.4, -0.2) is 9.97 Å². The average molecular weight is 253 g/mol. The quantitative estimate of drug-likeness (QED) is 0.776. The number of para-hydroxylation sites is 1. The van der Waals surface area contributed by atoms with Crippen LogP contribution < -0.4 is 5.73 Å². The van der Waals surface area contributed by atoms with Gasteiger partial charge in [0, 0.05) is 17.1 Å². The number of hydrogen-bond acceptors (Lipinski definition) is 4. The van der Waals surface area contributed by atoms with Gasteiger partial charge < -0.3 is 10.2 Å². The van der Waals surface area contributed by atoms with Gasteiger partial charge in [0.15, 0.2) is 11.6 Å². The van der Waals surface area contributed by atoms with Crippen LogP contribution in [0.2, 0.25) is 0 Å². The standard InChI is InChI=1S/C15H15N3O/c1-2-5-11-9-14(16)18-15(17-11)13-8-10-6-3-4-7-12(10)19-13/h3-4,6-9H,2,5H2,1H3,(H2,16,17,18). The van der Waals surface area contributed by atoms with Crippen molar-refractivity contribution in [2.75, 3.05) is 5.73 Å². The van der Waals surface area contributed by atoms with Crippen molar-refractivity contribution >= 4 is 16.8 Å². The van der Waals surface area contributed by atoms with E-state index in [0.29, 0.717) is 17.4 Å². The van der Waals surface area contributed by atoms with Crippen molar-refractivity contribution in [3.05, 3.63) is 42.1 Å². The van der Waals surface area contributed by atoms with Gasteiger partial charge in [-0.2, -0.15) is 0 Å². The monoisotopic (exact) mass is 253 g/mol. The lowest BCUT2D eigenvalue weighted by atomic mass is 10.2. The molecule has 2 heterocycles. The maximum atomic E-state index is 5.83. The van der Waals surface area contributed by atoms with Gasteiger partial charge in [0.1, 0.15) is 11.4 Å². The first kappa shape index (κ1) is 11.7. The first-order valence-electron chi connectivity index (χ1n) is 6.38. The fraction of sp³-hybridized carbons (Fsp3) is 0.200. The molecule has 0 saturated heterocycles. The molecule has 0 saturated carbocycles. The fourth-order valence-electron chi connectivity index (χ4n) is 2.11. The lowest BCUT2D eigenvalue weighted by molar-refractivity contribution is 0.624. The molecule has 2 aromatic heterocycles. The zero-order valence-corrected chi connectivity index (χ0v) is 10.8. The number of rotatable bonds is 3. The molecule has 0 amide bonds.